The van der Waals surface area contributed by atoms with Gasteiger partial charge in [-0.15, -0.1) is 0 Å². The number of carbonyl (C=O) groups is 1. The van der Waals surface area contributed by atoms with E-state index < -0.39 is 16.5 Å². The summed E-state index contributed by atoms with van der Waals surface area (Å²) in [5, 5.41) is 23.0. The molecule has 0 aliphatic rings. The van der Waals surface area contributed by atoms with Gasteiger partial charge in [0.25, 0.3) is 11.2 Å². The van der Waals surface area contributed by atoms with Crippen LogP contribution in [0, 0.1) is 17.0 Å². The summed E-state index contributed by atoms with van der Waals surface area (Å²) in [4.78, 5) is 33.0. The van der Waals surface area contributed by atoms with Crippen molar-refractivity contribution in [2.24, 2.45) is 0 Å². The van der Waals surface area contributed by atoms with Gasteiger partial charge in [0.05, 0.1) is 22.1 Å². The molecule has 0 unspecified atom stereocenters. The second-order valence-electron chi connectivity index (χ2n) is 4.13. The van der Waals surface area contributed by atoms with Gasteiger partial charge in [0.15, 0.2) is 11.5 Å². The Morgan fingerprint density at radius 2 is 2.29 bits per heavy atom. The predicted molar refractivity (Wildman–Crippen MR) is 72.4 cm³/mol. The van der Waals surface area contributed by atoms with Crippen LogP contribution in [0.4, 0.5) is 5.69 Å². The molecule has 0 bridgehead atoms. The first-order valence-corrected chi connectivity index (χ1v) is 6.33. The van der Waals surface area contributed by atoms with Crippen molar-refractivity contribution >= 4 is 27.6 Å². The highest BCUT2D eigenvalue weighted by atomic mass is 79.9. The molecule has 0 radical (unpaired) electrons. The first-order chi connectivity index (χ1) is 9.81. The van der Waals surface area contributed by atoms with E-state index in [0.29, 0.717) is 0 Å². The Hall–Kier alpha value is -2.49. The molecule has 0 amide bonds. The van der Waals surface area contributed by atoms with Crippen LogP contribution in [-0.4, -0.2) is 25.7 Å². The lowest BCUT2D eigenvalue weighted by molar-refractivity contribution is -0.386. The lowest BCUT2D eigenvalue weighted by Crippen LogP contribution is -2.22. The van der Waals surface area contributed by atoms with E-state index in [1.54, 1.807) is 0 Å². The number of hydrogen-bond donors (Lipinski definition) is 1. The summed E-state index contributed by atoms with van der Waals surface area (Å²) in [5.41, 5.74) is -0.824. The lowest BCUT2D eigenvalue weighted by Gasteiger charge is -2.06. The minimum absolute atomic E-state index is 0.0645. The molecule has 0 atom stereocenters. The number of nitro groups is 1. The fourth-order valence-corrected chi connectivity index (χ4v) is 2.09. The molecule has 1 N–H and O–H groups in total. The summed E-state index contributed by atoms with van der Waals surface area (Å²) in [5.74, 6) is -1.17. The Balaban J connectivity index is 2.46. The van der Waals surface area contributed by atoms with Crippen LogP contribution in [0.3, 0.4) is 0 Å². The zero-order valence-corrected chi connectivity index (χ0v) is 12.2. The maximum Gasteiger partial charge on any atom is 0.358 e. The van der Waals surface area contributed by atoms with Gasteiger partial charge in [0, 0.05) is 11.6 Å². The third-order valence-electron chi connectivity index (χ3n) is 2.74. The van der Waals surface area contributed by atoms with E-state index in [1.807, 2.05) is 0 Å². The maximum atomic E-state index is 12.0. The van der Waals surface area contributed by atoms with Crippen LogP contribution in [0.2, 0.25) is 0 Å². The summed E-state index contributed by atoms with van der Waals surface area (Å²) in [6.45, 7) is 1.28. The molecule has 0 fully saturated rings. The molecule has 2 aromatic heterocycles. The first-order valence-electron chi connectivity index (χ1n) is 5.54. The number of aromatic carboxylic acids is 1. The summed E-state index contributed by atoms with van der Waals surface area (Å²) < 4.78 is 5.89. The Morgan fingerprint density at radius 1 is 1.62 bits per heavy atom. The molecular formula is C11H8BrN3O6. The molecule has 0 saturated heterocycles. The molecule has 0 saturated carbocycles. The molecule has 2 rings (SSSR count). The second kappa shape index (κ2) is 5.48. The minimum Gasteiger partial charge on any atom is -0.476 e. The number of hydrogen-bond acceptors (Lipinski definition) is 6. The van der Waals surface area contributed by atoms with E-state index in [0.717, 1.165) is 16.8 Å². The molecule has 2 aromatic rings. The average molecular weight is 358 g/mol. The Bertz CT molecular complexity index is 794. The maximum absolute atomic E-state index is 12.0. The van der Waals surface area contributed by atoms with Gasteiger partial charge in [-0.3, -0.25) is 14.9 Å². The van der Waals surface area contributed by atoms with Gasteiger partial charge in [-0.1, -0.05) is 5.16 Å². The Kier molecular flexibility index (Phi) is 3.89. The lowest BCUT2D eigenvalue weighted by atomic mass is 10.2. The highest BCUT2D eigenvalue weighted by molar-refractivity contribution is 9.10. The molecular weight excluding hydrogens is 350 g/mol. The van der Waals surface area contributed by atoms with Gasteiger partial charge in [0.1, 0.15) is 0 Å². The van der Waals surface area contributed by atoms with E-state index in [-0.39, 0.29) is 33.7 Å². The van der Waals surface area contributed by atoms with Crippen molar-refractivity contribution in [2.45, 2.75) is 13.5 Å². The molecule has 21 heavy (non-hydrogen) atoms. The first kappa shape index (κ1) is 14.9. The zero-order valence-electron chi connectivity index (χ0n) is 10.6. The highest BCUT2D eigenvalue weighted by Crippen LogP contribution is 2.22. The van der Waals surface area contributed by atoms with Gasteiger partial charge in [0.2, 0.25) is 0 Å². The normalized spacial score (nSPS) is 10.6. The van der Waals surface area contributed by atoms with Gasteiger partial charge < -0.3 is 14.2 Å². The number of pyridine rings is 1. The van der Waals surface area contributed by atoms with Crippen LogP contribution in [0.15, 0.2) is 26.1 Å². The molecule has 110 valence electrons. The highest BCUT2D eigenvalue weighted by Gasteiger charge is 2.19. The molecule has 0 aromatic carbocycles. The van der Waals surface area contributed by atoms with Crippen LogP contribution in [0.5, 0.6) is 0 Å². The van der Waals surface area contributed by atoms with E-state index >= 15 is 0 Å². The van der Waals surface area contributed by atoms with Crippen LogP contribution >= 0.6 is 15.9 Å². The third-order valence-corrected chi connectivity index (χ3v) is 3.68. The van der Waals surface area contributed by atoms with Crippen molar-refractivity contribution in [1.82, 2.24) is 9.72 Å². The standard InChI is InChI=1S/C11H8BrN3O6/c1-5-8(15(19)20)4-14(10(16)9(5)12)3-6-2-7(11(17)18)13-21-6/h2,4H,3H2,1H3,(H,17,18). The largest absolute Gasteiger partial charge is 0.476 e. The predicted octanol–water partition coefficient (Wildman–Crippen LogP) is 1.56. The van der Waals surface area contributed by atoms with Crippen molar-refractivity contribution in [2.75, 3.05) is 0 Å². The van der Waals surface area contributed by atoms with Crippen molar-refractivity contribution in [3.05, 3.63) is 54.2 Å². The molecule has 0 aliphatic carbocycles. The van der Waals surface area contributed by atoms with E-state index in [1.165, 1.54) is 6.92 Å². The van der Waals surface area contributed by atoms with Gasteiger partial charge in [-0.25, -0.2) is 4.79 Å². The molecule has 0 aliphatic heterocycles. The summed E-state index contributed by atoms with van der Waals surface area (Å²) in [6, 6.07) is 1.15. The fraction of sp³-hybridized carbons (Fsp3) is 0.182. The van der Waals surface area contributed by atoms with Crippen molar-refractivity contribution in [1.29, 1.82) is 0 Å². The number of carboxylic acid groups (broad SMARTS) is 1. The molecule has 9 nitrogen and oxygen atoms in total. The SMILES string of the molecule is Cc1c([N+](=O)[O-])cn(Cc2cc(C(=O)O)no2)c(=O)c1Br. The van der Waals surface area contributed by atoms with E-state index in [2.05, 4.69) is 21.1 Å². The third kappa shape index (κ3) is 2.84. The number of carboxylic acids is 1. The van der Waals surface area contributed by atoms with Crippen molar-refractivity contribution in [3.8, 4) is 0 Å². The van der Waals surface area contributed by atoms with E-state index in [4.69, 9.17) is 9.63 Å². The van der Waals surface area contributed by atoms with Gasteiger partial charge >= 0.3 is 5.97 Å². The number of halogens is 1. The topological polar surface area (TPSA) is 128 Å². The summed E-state index contributed by atoms with van der Waals surface area (Å²) in [7, 11) is 0. The van der Waals surface area contributed by atoms with Crippen molar-refractivity contribution in [3.63, 3.8) is 0 Å². The van der Waals surface area contributed by atoms with Crippen LogP contribution in [0.1, 0.15) is 21.8 Å². The summed E-state index contributed by atoms with van der Waals surface area (Å²) >= 11 is 3.01. The van der Waals surface area contributed by atoms with Gasteiger partial charge in [-0.05, 0) is 22.9 Å². The van der Waals surface area contributed by atoms with Crippen LogP contribution < -0.4 is 5.56 Å². The molecule has 10 heteroatoms. The Morgan fingerprint density at radius 3 is 2.81 bits per heavy atom. The van der Waals surface area contributed by atoms with Crippen LogP contribution in [-0.2, 0) is 6.54 Å². The monoisotopic (exact) mass is 357 g/mol. The minimum atomic E-state index is -1.27. The molecule has 0 spiro atoms. The number of nitrogens with zero attached hydrogens (tertiary/aromatic N) is 3. The quantitative estimate of drug-likeness (QED) is 0.649. The second-order valence-corrected chi connectivity index (χ2v) is 4.92. The number of rotatable bonds is 4. The van der Waals surface area contributed by atoms with Gasteiger partial charge in [-0.2, -0.15) is 0 Å². The number of aromatic nitrogens is 2. The molecule has 2 heterocycles. The smallest absolute Gasteiger partial charge is 0.358 e. The van der Waals surface area contributed by atoms with Crippen molar-refractivity contribution < 1.29 is 19.3 Å². The Labute approximate surface area is 125 Å². The van der Waals surface area contributed by atoms with E-state index in [9.17, 15) is 19.7 Å². The van der Waals surface area contributed by atoms with Crippen LogP contribution in [0.25, 0.3) is 0 Å². The summed E-state index contributed by atoms with van der Waals surface area (Å²) in [6.07, 6.45) is 1.07. The zero-order chi connectivity index (χ0) is 15.7. The average Bonchev–Trinajstić information content (AvgIpc) is 2.88. The fourth-order valence-electron chi connectivity index (χ4n) is 1.66.